The predicted octanol–water partition coefficient (Wildman–Crippen LogP) is 4.16. The maximum absolute atomic E-state index is 13.6. The summed E-state index contributed by atoms with van der Waals surface area (Å²) in [6, 6.07) is 6.22. The number of alkyl halides is 3. The highest BCUT2D eigenvalue weighted by Gasteiger charge is 2.35. The van der Waals surface area contributed by atoms with Crippen molar-refractivity contribution in [3.8, 4) is 5.75 Å². The summed E-state index contributed by atoms with van der Waals surface area (Å²) in [4.78, 5) is 26.1. The second-order valence-corrected chi connectivity index (χ2v) is 6.89. The molecule has 0 aliphatic carbocycles. The molecule has 1 amide bonds. The number of hydrogen-bond acceptors (Lipinski definition) is 3. The minimum absolute atomic E-state index is 0.0371. The molecule has 1 aliphatic heterocycles. The molecule has 29 heavy (non-hydrogen) atoms. The molecule has 2 heterocycles. The average molecular weight is 427 g/mol. The Kier molecular flexibility index (Phi) is 6.02. The van der Waals surface area contributed by atoms with Gasteiger partial charge in [-0.2, -0.15) is 13.2 Å². The van der Waals surface area contributed by atoms with Gasteiger partial charge in [0.2, 0.25) is 5.91 Å². The van der Waals surface area contributed by atoms with E-state index in [4.69, 9.17) is 16.3 Å². The highest BCUT2D eigenvalue weighted by molar-refractivity contribution is 6.30. The van der Waals surface area contributed by atoms with Crippen LogP contribution >= 0.6 is 11.6 Å². The summed E-state index contributed by atoms with van der Waals surface area (Å²) in [5.41, 5.74) is -0.626. The number of aromatic nitrogens is 1. The number of aromatic amines is 1. The number of ether oxygens (including phenoxy) is 1. The Labute approximate surface area is 169 Å². The normalized spacial score (nSPS) is 17.3. The van der Waals surface area contributed by atoms with Gasteiger partial charge in [-0.25, -0.2) is 0 Å². The summed E-state index contributed by atoms with van der Waals surface area (Å²) in [5.74, 6) is -0.417. The summed E-state index contributed by atoms with van der Waals surface area (Å²) in [7, 11) is 0. The van der Waals surface area contributed by atoms with Crippen LogP contribution in [-0.4, -0.2) is 23.5 Å². The van der Waals surface area contributed by atoms with Crippen LogP contribution in [0.15, 0.2) is 41.2 Å². The topological polar surface area (TPSA) is 71.2 Å². The van der Waals surface area contributed by atoms with E-state index in [9.17, 15) is 22.8 Å². The second-order valence-electron chi connectivity index (χ2n) is 6.48. The molecule has 3 rings (SSSR count). The molecule has 2 aromatic rings. The van der Waals surface area contributed by atoms with E-state index in [1.165, 1.54) is 24.3 Å². The number of nitrogens with one attached hydrogen (secondary N) is 2. The maximum Gasteiger partial charge on any atom is 0.419 e. The lowest BCUT2D eigenvalue weighted by Crippen LogP contribution is -2.23. The molecule has 0 unspecified atom stereocenters. The van der Waals surface area contributed by atoms with Gasteiger partial charge in [-0.3, -0.25) is 9.59 Å². The molecular weight excluding hydrogens is 409 g/mol. The van der Waals surface area contributed by atoms with E-state index in [1.54, 1.807) is 13.0 Å². The molecule has 1 aliphatic rings. The van der Waals surface area contributed by atoms with Crippen LogP contribution in [0.1, 0.15) is 36.6 Å². The van der Waals surface area contributed by atoms with Gasteiger partial charge in [-0.15, -0.1) is 0 Å². The highest BCUT2D eigenvalue weighted by atomic mass is 35.5. The number of carbonyl (C=O) groups excluding carboxylic acids is 1. The van der Waals surface area contributed by atoms with Gasteiger partial charge < -0.3 is 15.0 Å². The Morgan fingerprint density at radius 1 is 1.28 bits per heavy atom. The van der Waals surface area contributed by atoms with Gasteiger partial charge >= 0.3 is 6.18 Å². The first-order valence-corrected chi connectivity index (χ1v) is 9.31. The van der Waals surface area contributed by atoms with Crippen LogP contribution < -0.4 is 15.6 Å². The van der Waals surface area contributed by atoms with Crippen molar-refractivity contribution in [3.63, 3.8) is 0 Å². The number of amides is 1. The molecule has 9 heteroatoms. The molecule has 0 spiro atoms. The van der Waals surface area contributed by atoms with Crippen molar-refractivity contribution in [3.05, 3.63) is 68.6 Å². The van der Waals surface area contributed by atoms with E-state index in [0.29, 0.717) is 18.4 Å². The summed E-state index contributed by atoms with van der Waals surface area (Å²) in [5, 5.41) is 2.71. The molecule has 5 nitrogen and oxygen atoms in total. The number of pyridine rings is 1. The number of hydrogen-bond donors (Lipinski definition) is 2. The molecule has 2 N–H and O–H groups in total. The van der Waals surface area contributed by atoms with Crippen molar-refractivity contribution in [2.24, 2.45) is 0 Å². The first-order valence-electron chi connectivity index (χ1n) is 8.94. The van der Waals surface area contributed by atoms with Crippen LogP contribution in [-0.2, 0) is 11.0 Å². The molecule has 1 aromatic heterocycles. The summed E-state index contributed by atoms with van der Waals surface area (Å²) in [6.07, 6.45) is -2.16. The van der Waals surface area contributed by atoms with Crippen molar-refractivity contribution >= 4 is 23.1 Å². The average Bonchev–Trinajstić information content (AvgIpc) is 3.07. The summed E-state index contributed by atoms with van der Waals surface area (Å²) in [6.45, 7) is 1.68. The van der Waals surface area contributed by atoms with Crippen molar-refractivity contribution < 1.29 is 22.7 Å². The molecule has 0 bridgehead atoms. The van der Waals surface area contributed by atoms with Gasteiger partial charge in [0.05, 0.1) is 12.2 Å². The lowest BCUT2D eigenvalue weighted by Gasteiger charge is -2.17. The van der Waals surface area contributed by atoms with Crippen molar-refractivity contribution in [2.75, 3.05) is 6.61 Å². The van der Waals surface area contributed by atoms with Crippen LogP contribution in [0.3, 0.4) is 0 Å². The fraction of sp³-hybridized carbons (Fsp3) is 0.300. The van der Waals surface area contributed by atoms with E-state index in [2.05, 4.69) is 10.3 Å². The lowest BCUT2D eigenvalue weighted by molar-refractivity contribution is -0.139. The Balaban J connectivity index is 2.15. The van der Waals surface area contributed by atoms with Gasteiger partial charge in [-0.1, -0.05) is 23.7 Å². The van der Waals surface area contributed by atoms with Crippen molar-refractivity contribution in [2.45, 2.75) is 32.0 Å². The number of H-pyrrole nitrogens is 1. The molecule has 154 valence electrons. The fourth-order valence-electron chi connectivity index (χ4n) is 3.12. The summed E-state index contributed by atoms with van der Waals surface area (Å²) < 4.78 is 45.8. The van der Waals surface area contributed by atoms with Crippen LogP contribution in [0.2, 0.25) is 5.02 Å². The van der Waals surface area contributed by atoms with Gasteiger partial charge in [0.25, 0.3) is 5.56 Å². The van der Waals surface area contributed by atoms with E-state index in [1.807, 2.05) is 0 Å². The SMILES string of the molecule is CCOc1ccc(C(=C[C@H]2CCC(=O)N2)c2ccc(Cl)c(=O)[nH]2)cc1C(F)(F)F. The van der Waals surface area contributed by atoms with Gasteiger partial charge in [-0.05, 0) is 43.2 Å². The molecule has 1 atom stereocenters. The molecule has 0 radical (unpaired) electrons. The van der Waals surface area contributed by atoms with Crippen LogP contribution in [0.4, 0.5) is 13.2 Å². The minimum atomic E-state index is -4.62. The van der Waals surface area contributed by atoms with Gasteiger partial charge in [0.1, 0.15) is 10.8 Å². The van der Waals surface area contributed by atoms with E-state index >= 15 is 0 Å². The van der Waals surface area contributed by atoms with Crippen LogP contribution in [0, 0.1) is 0 Å². The molecule has 1 fully saturated rings. The zero-order valence-corrected chi connectivity index (χ0v) is 16.2. The predicted molar refractivity (Wildman–Crippen MR) is 103 cm³/mol. The van der Waals surface area contributed by atoms with Gasteiger partial charge in [0.15, 0.2) is 0 Å². The largest absolute Gasteiger partial charge is 0.493 e. The zero-order chi connectivity index (χ0) is 21.2. The molecular formula is C20H18ClF3N2O3. The summed E-state index contributed by atoms with van der Waals surface area (Å²) >= 11 is 5.78. The smallest absolute Gasteiger partial charge is 0.419 e. The number of rotatable bonds is 5. The Morgan fingerprint density at radius 2 is 2.03 bits per heavy atom. The van der Waals surface area contributed by atoms with Crippen LogP contribution in [0.25, 0.3) is 5.57 Å². The van der Waals surface area contributed by atoms with Gasteiger partial charge in [0, 0.05) is 23.7 Å². The zero-order valence-electron chi connectivity index (χ0n) is 15.4. The lowest BCUT2D eigenvalue weighted by atomic mass is 9.96. The van der Waals surface area contributed by atoms with Crippen molar-refractivity contribution in [1.29, 1.82) is 0 Å². The third-order valence-corrected chi connectivity index (χ3v) is 4.74. The Morgan fingerprint density at radius 3 is 2.62 bits per heavy atom. The third-order valence-electron chi connectivity index (χ3n) is 4.44. The third kappa shape index (κ3) is 4.82. The van der Waals surface area contributed by atoms with E-state index in [-0.39, 0.29) is 40.6 Å². The first kappa shape index (κ1) is 21.0. The van der Waals surface area contributed by atoms with E-state index in [0.717, 1.165) is 6.07 Å². The molecule has 0 saturated carbocycles. The number of halogens is 4. The Bertz CT molecular complexity index is 1010. The first-order chi connectivity index (χ1) is 13.7. The standard InChI is InChI=1S/C20H18ClF3N2O3/c1-2-29-17-7-3-11(9-14(17)20(22,23)24)13(10-12-4-8-18(27)25-12)16-6-5-15(21)19(28)26-16/h3,5-7,9-10,12H,2,4,8H2,1H3,(H,25,27)(H,26,28)/t12-/m1/s1. The maximum atomic E-state index is 13.6. The highest BCUT2D eigenvalue weighted by Crippen LogP contribution is 2.39. The minimum Gasteiger partial charge on any atom is -0.493 e. The monoisotopic (exact) mass is 426 g/mol. The fourth-order valence-corrected chi connectivity index (χ4v) is 3.23. The van der Waals surface area contributed by atoms with Crippen molar-refractivity contribution in [1.82, 2.24) is 10.3 Å². The number of carbonyl (C=O) groups is 1. The van der Waals surface area contributed by atoms with Crippen LogP contribution in [0.5, 0.6) is 5.75 Å². The van der Waals surface area contributed by atoms with E-state index < -0.39 is 17.3 Å². The molecule has 1 aromatic carbocycles. The quantitative estimate of drug-likeness (QED) is 0.754. The second kappa shape index (κ2) is 8.32. The molecule has 1 saturated heterocycles. The Hall–Kier alpha value is -2.74. The number of benzene rings is 1.